The summed E-state index contributed by atoms with van der Waals surface area (Å²) in [5.74, 6) is -0.204. The summed E-state index contributed by atoms with van der Waals surface area (Å²) in [6, 6.07) is 0. The van der Waals surface area contributed by atoms with Crippen LogP contribution in [0.5, 0.6) is 0 Å². The maximum atomic E-state index is 9.58. The molecule has 2 nitrogen and oxygen atoms in total. The molecule has 0 aromatic rings. The normalized spacial score (nSPS) is 12.8. The molecule has 0 aliphatic carbocycles. The van der Waals surface area contributed by atoms with Gasteiger partial charge in [-0.05, 0) is 0 Å². The summed E-state index contributed by atoms with van der Waals surface area (Å²) in [6.07, 6.45) is 1.83. The largest absolute Gasteiger partial charge is 0.312 e. The molecule has 0 aliphatic rings. The van der Waals surface area contributed by atoms with E-state index in [1.54, 1.807) is 6.92 Å². The summed E-state index contributed by atoms with van der Waals surface area (Å²) in [5.41, 5.74) is 0. The van der Waals surface area contributed by atoms with E-state index in [2.05, 4.69) is 0 Å². The van der Waals surface area contributed by atoms with Crippen LogP contribution in [-0.4, -0.2) is 12.5 Å². The first-order chi connectivity index (χ1) is 2.81. The summed E-state index contributed by atoms with van der Waals surface area (Å²) in [4.78, 5) is 9.58. The van der Waals surface area contributed by atoms with Gasteiger partial charge < -0.3 is 10.2 Å². The van der Waals surface area contributed by atoms with Gasteiger partial charge in [0.1, 0.15) is 6.29 Å². The van der Waals surface area contributed by atoms with E-state index in [0.29, 0.717) is 0 Å². The molecule has 0 amide bonds. The van der Waals surface area contributed by atoms with E-state index in [0.717, 1.165) is 12.5 Å². The SMILES string of the molecule is C[C@@H](C=N)C=O. The lowest BCUT2D eigenvalue weighted by molar-refractivity contribution is -0.109. The number of hydrogen-bond acceptors (Lipinski definition) is 2. The molecule has 0 radical (unpaired) electrons. The van der Waals surface area contributed by atoms with Crippen molar-refractivity contribution in [2.45, 2.75) is 6.92 Å². The van der Waals surface area contributed by atoms with Gasteiger partial charge in [-0.1, -0.05) is 6.92 Å². The van der Waals surface area contributed by atoms with Gasteiger partial charge in [0.15, 0.2) is 0 Å². The van der Waals surface area contributed by atoms with E-state index in [4.69, 9.17) is 5.41 Å². The van der Waals surface area contributed by atoms with Crippen LogP contribution >= 0.6 is 0 Å². The third kappa shape index (κ3) is 1.64. The van der Waals surface area contributed by atoms with Crippen LogP contribution in [0.3, 0.4) is 0 Å². The molecule has 6 heavy (non-hydrogen) atoms. The maximum absolute atomic E-state index is 9.58. The van der Waals surface area contributed by atoms with Gasteiger partial charge in [-0.15, -0.1) is 0 Å². The molecule has 2 heteroatoms. The molecule has 0 saturated carbocycles. The average Bonchev–Trinajstić information content (AvgIpc) is 1.65. The van der Waals surface area contributed by atoms with Crippen molar-refractivity contribution in [2.24, 2.45) is 5.92 Å². The molecule has 0 bridgehead atoms. The Labute approximate surface area is 36.7 Å². The van der Waals surface area contributed by atoms with Crippen LogP contribution in [0.4, 0.5) is 0 Å². The molecule has 0 heterocycles. The van der Waals surface area contributed by atoms with Crippen molar-refractivity contribution < 1.29 is 4.79 Å². The van der Waals surface area contributed by atoms with E-state index in [9.17, 15) is 4.79 Å². The Morgan fingerprint density at radius 3 is 2.33 bits per heavy atom. The van der Waals surface area contributed by atoms with Gasteiger partial charge >= 0.3 is 0 Å². The first kappa shape index (κ1) is 5.34. The minimum absolute atomic E-state index is 0.204. The summed E-state index contributed by atoms with van der Waals surface area (Å²) in [7, 11) is 0. The highest BCUT2D eigenvalue weighted by molar-refractivity contribution is 5.77. The Morgan fingerprint density at radius 2 is 2.33 bits per heavy atom. The van der Waals surface area contributed by atoms with E-state index >= 15 is 0 Å². The predicted molar refractivity (Wildman–Crippen MR) is 24.0 cm³/mol. The van der Waals surface area contributed by atoms with Gasteiger partial charge in [0.25, 0.3) is 0 Å². The number of nitrogens with one attached hydrogen (secondary N) is 1. The fraction of sp³-hybridized carbons (Fsp3) is 0.500. The molecular formula is C4H7NO. The summed E-state index contributed by atoms with van der Waals surface area (Å²) in [6.45, 7) is 1.67. The summed E-state index contributed by atoms with van der Waals surface area (Å²) >= 11 is 0. The molecule has 34 valence electrons. The number of hydrogen-bond donors (Lipinski definition) is 1. The smallest absolute Gasteiger partial charge is 0.128 e. The van der Waals surface area contributed by atoms with Crippen LogP contribution in [0, 0.1) is 11.3 Å². The fourth-order valence-corrected chi connectivity index (χ4v) is 0.0393. The Balaban J connectivity index is 3.21. The Morgan fingerprint density at radius 1 is 1.83 bits per heavy atom. The van der Waals surface area contributed by atoms with Crippen molar-refractivity contribution in [3.8, 4) is 0 Å². The highest BCUT2D eigenvalue weighted by atomic mass is 16.1. The first-order valence-corrected chi connectivity index (χ1v) is 1.77. The fourth-order valence-electron chi connectivity index (χ4n) is 0.0393. The van der Waals surface area contributed by atoms with Gasteiger partial charge in [-0.25, -0.2) is 0 Å². The van der Waals surface area contributed by atoms with Crippen molar-refractivity contribution in [1.82, 2.24) is 0 Å². The first-order valence-electron chi connectivity index (χ1n) is 1.77. The summed E-state index contributed by atoms with van der Waals surface area (Å²) in [5, 5.41) is 6.45. The summed E-state index contributed by atoms with van der Waals surface area (Å²) < 4.78 is 0. The third-order valence-electron chi connectivity index (χ3n) is 0.478. The van der Waals surface area contributed by atoms with E-state index < -0.39 is 0 Å². The zero-order chi connectivity index (χ0) is 4.99. The topological polar surface area (TPSA) is 40.9 Å². The van der Waals surface area contributed by atoms with Crippen LogP contribution in [0.1, 0.15) is 6.92 Å². The highest BCUT2D eigenvalue weighted by Crippen LogP contribution is 1.76. The minimum Gasteiger partial charge on any atom is -0.312 e. The second-order valence-corrected chi connectivity index (χ2v) is 1.16. The maximum Gasteiger partial charge on any atom is 0.128 e. The van der Waals surface area contributed by atoms with Crippen molar-refractivity contribution in [2.75, 3.05) is 0 Å². The van der Waals surface area contributed by atoms with Gasteiger partial charge in [-0.2, -0.15) is 0 Å². The molecule has 0 rings (SSSR count). The lowest BCUT2D eigenvalue weighted by atomic mass is 10.2. The van der Waals surface area contributed by atoms with Gasteiger partial charge in [-0.3, -0.25) is 0 Å². The van der Waals surface area contributed by atoms with E-state index in [1.807, 2.05) is 0 Å². The Kier molecular flexibility index (Phi) is 2.29. The number of carbonyl (C=O) groups is 1. The van der Waals surface area contributed by atoms with Gasteiger partial charge in [0, 0.05) is 12.1 Å². The molecule has 0 spiro atoms. The van der Waals surface area contributed by atoms with Crippen molar-refractivity contribution in [3.63, 3.8) is 0 Å². The monoisotopic (exact) mass is 85.1 g/mol. The van der Waals surface area contributed by atoms with E-state index in [-0.39, 0.29) is 5.92 Å². The lowest BCUT2D eigenvalue weighted by Crippen LogP contribution is -1.93. The molecule has 0 aromatic carbocycles. The van der Waals surface area contributed by atoms with Crippen LogP contribution in [0.15, 0.2) is 0 Å². The lowest BCUT2D eigenvalue weighted by Gasteiger charge is -1.81. The van der Waals surface area contributed by atoms with Crippen LogP contribution in [0.2, 0.25) is 0 Å². The second kappa shape index (κ2) is 2.57. The average molecular weight is 85.1 g/mol. The van der Waals surface area contributed by atoms with Crippen molar-refractivity contribution in [1.29, 1.82) is 5.41 Å². The third-order valence-corrected chi connectivity index (χ3v) is 0.478. The Bertz CT molecular complexity index is 52.6. The molecule has 0 fully saturated rings. The predicted octanol–water partition coefficient (Wildman–Crippen LogP) is 0.471. The zero-order valence-corrected chi connectivity index (χ0v) is 3.64. The molecule has 0 saturated heterocycles. The quantitative estimate of drug-likeness (QED) is 0.384. The second-order valence-electron chi connectivity index (χ2n) is 1.16. The standard InChI is InChI=1S/C4H7NO/c1-4(2-5)3-6/h2-5H,1H3/t4-/m0/s1. The zero-order valence-electron chi connectivity index (χ0n) is 3.64. The highest BCUT2D eigenvalue weighted by Gasteiger charge is 1.86. The number of rotatable bonds is 2. The molecule has 1 N–H and O–H groups in total. The molecule has 0 aromatic heterocycles. The molecular weight excluding hydrogens is 78.0 g/mol. The van der Waals surface area contributed by atoms with Crippen molar-refractivity contribution >= 4 is 12.5 Å². The molecule has 1 atom stereocenters. The number of carbonyl (C=O) groups excluding carboxylic acids is 1. The van der Waals surface area contributed by atoms with Crippen LogP contribution < -0.4 is 0 Å². The molecule has 0 unspecified atom stereocenters. The van der Waals surface area contributed by atoms with Crippen molar-refractivity contribution in [3.05, 3.63) is 0 Å². The van der Waals surface area contributed by atoms with Crippen LogP contribution in [-0.2, 0) is 4.79 Å². The van der Waals surface area contributed by atoms with E-state index in [1.165, 1.54) is 0 Å². The van der Waals surface area contributed by atoms with Gasteiger partial charge in [0.05, 0.1) is 0 Å². The minimum atomic E-state index is -0.204. The van der Waals surface area contributed by atoms with Crippen LogP contribution in [0.25, 0.3) is 0 Å². The Hall–Kier alpha value is -0.660. The van der Waals surface area contributed by atoms with Gasteiger partial charge in [0.2, 0.25) is 0 Å². The molecule has 0 aliphatic heterocycles. The number of aldehydes is 1.